The molecular formula is C112H69N. The smallest absolute Gasteiger partial charge is 0.0720 e. The van der Waals surface area contributed by atoms with Crippen LogP contribution in [0.1, 0.15) is 89.0 Å². The van der Waals surface area contributed by atoms with E-state index in [0.717, 1.165) is 0 Å². The summed E-state index contributed by atoms with van der Waals surface area (Å²) in [5, 5.41) is 10.1. The van der Waals surface area contributed by atoms with E-state index in [1.54, 1.807) is 0 Å². The fourth-order valence-electron chi connectivity index (χ4n) is 23.1. The molecule has 0 amide bonds. The van der Waals surface area contributed by atoms with Gasteiger partial charge in [-0.1, -0.05) is 382 Å². The molecule has 6 aliphatic carbocycles. The summed E-state index contributed by atoms with van der Waals surface area (Å²) in [4.78, 5) is 0. The standard InChI is InChI=1S/C62H38.C50H31N/c1-2-18-40-37-41(34-33-39(40)17-1)59-47-23-3-5-25-49(47)60(50-26-6-4-24-48(50)59)42-35-36-57-58(38-42)62(53-29-13-9-21-45(53)46-22-10-14-30-54(46)62)56-32-16-15-31-55(56)61(57)51-27-11-7-19-43(51)44-20-8-12-28-52(44)61;1-7-21-39-33(15-1)34-16-2-8-22-40(34)49(39)43-25-11-12-26-44(43)50(41-23-9-3-17-35(41)36-18-4-10-24-42(36)50)46-31-32(29-30-45(46)49)51-47-27-13-5-19-37(47)38-20-6-14-28-48(38)51/h1-38H;1-31H. The number of fused-ring (bicyclic) bond motifs is 38. The zero-order valence-corrected chi connectivity index (χ0v) is 61.8. The van der Waals surface area contributed by atoms with Gasteiger partial charge in [0.1, 0.15) is 0 Å². The fraction of sp³-hybridized carbons (Fsp3) is 0.0357. The molecule has 1 heterocycles. The minimum atomic E-state index is -0.552. The van der Waals surface area contributed by atoms with Crippen molar-refractivity contribution in [2.24, 2.45) is 0 Å². The molecule has 0 aliphatic heterocycles. The molecule has 113 heavy (non-hydrogen) atoms. The largest absolute Gasteiger partial charge is 0.309 e. The van der Waals surface area contributed by atoms with Crippen LogP contribution < -0.4 is 0 Å². The molecule has 0 radical (unpaired) electrons. The highest BCUT2D eigenvalue weighted by molar-refractivity contribution is 6.22. The Balaban J connectivity index is 0.000000130. The van der Waals surface area contributed by atoms with E-state index in [9.17, 15) is 0 Å². The molecule has 1 nitrogen and oxygen atoms in total. The molecule has 26 rings (SSSR count). The fourth-order valence-corrected chi connectivity index (χ4v) is 23.1. The summed E-state index contributed by atoms with van der Waals surface area (Å²) in [5.74, 6) is 0. The highest BCUT2D eigenvalue weighted by Gasteiger charge is 2.61. The van der Waals surface area contributed by atoms with E-state index in [1.165, 1.54) is 216 Å². The van der Waals surface area contributed by atoms with Gasteiger partial charge in [-0.05, 0) is 224 Å². The average molecular weight is 1430 g/mol. The Hall–Kier alpha value is -14.2. The van der Waals surface area contributed by atoms with Crippen molar-refractivity contribution in [2.75, 3.05) is 0 Å². The minimum absolute atomic E-state index is 0.476. The summed E-state index contributed by atoms with van der Waals surface area (Å²) < 4.78 is 2.48. The van der Waals surface area contributed by atoms with E-state index in [-0.39, 0.29) is 0 Å². The monoisotopic (exact) mass is 1430 g/mol. The van der Waals surface area contributed by atoms with Gasteiger partial charge in [0.15, 0.2) is 0 Å². The summed E-state index contributed by atoms with van der Waals surface area (Å²) in [5.41, 5.74) is 38.9. The third kappa shape index (κ3) is 7.86. The average Bonchev–Trinajstić information content (AvgIpc) is 1.55. The number of hydrogen-bond acceptors (Lipinski definition) is 0. The number of aromatic nitrogens is 1. The minimum Gasteiger partial charge on any atom is -0.309 e. The van der Waals surface area contributed by atoms with E-state index < -0.39 is 21.7 Å². The zero-order chi connectivity index (χ0) is 73.9. The van der Waals surface area contributed by atoms with Gasteiger partial charge in [-0.2, -0.15) is 0 Å². The van der Waals surface area contributed by atoms with E-state index in [2.05, 4.69) is 423 Å². The molecule has 4 spiro atoms. The molecule has 0 unspecified atom stereocenters. The molecule has 0 atom stereocenters. The van der Waals surface area contributed by atoms with Crippen LogP contribution in [0.3, 0.4) is 0 Å². The normalized spacial score (nSPS) is 14.7. The van der Waals surface area contributed by atoms with Crippen LogP contribution in [-0.4, -0.2) is 4.57 Å². The Morgan fingerprint density at radius 2 is 0.389 bits per heavy atom. The molecule has 6 aliphatic rings. The van der Waals surface area contributed by atoms with Gasteiger partial charge in [-0.15, -0.1) is 0 Å². The van der Waals surface area contributed by atoms with E-state index in [0.29, 0.717) is 0 Å². The second-order valence-electron chi connectivity index (χ2n) is 31.7. The summed E-state index contributed by atoms with van der Waals surface area (Å²) >= 11 is 0. The second kappa shape index (κ2) is 23.2. The maximum absolute atomic E-state index is 2.61. The van der Waals surface area contributed by atoms with Crippen molar-refractivity contribution < 1.29 is 0 Å². The van der Waals surface area contributed by atoms with Crippen molar-refractivity contribution in [1.29, 1.82) is 0 Å². The van der Waals surface area contributed by atoms with Crippen LogP contribution in [0.4, 0.5) is 0 Å². The molecule has 522 valence electrons. The lowest BCUT2D eigenvalue weighted by atomic mass is 9.52. The van der Waals surface area contributed by atoms with Crippen LogP contribution in [0.5, 0.6) is 0 Å². The van der Waals surface area contributed by atoms with Crippen molar-refractivity contribution >= 4 is 54.1 Å². The third-order valence-corrected chi connectivity index (χ3v) is 27.0. The van der Waals surface area contributed by atoms with E-state index >= 15 is 0 Å². The van der Waals surface area contributed by atoms with Gasteiger partial charge in [-0.3, -0.25) is 0 Å². The second-order valence-corrected chi connectivity index (χ2v) is 31.7. The van der Waals surface area contributed by atoms with Gasteiger partial charge >= 0.3 is 0 Å². The number of para-hydroxylation sites is 2. The topological polar surface area (TPSA) is 4.93 Å². The predicted octanol–water partition coefficient (Wildman–Crippen LogP) is 27.3. The first kappa shape index (κ1) is 62.6. The first-order valence-corrected chi connectivity index (χ1v) is 39.8. The molecule has 1 heteroatoms. The van der Waals surface area contributed by atoms with Crippen molar-refractivity contribution in [3.63, 3.8) is 0 Å². The summed E-state index contributed by atoms with van der Waals surface area (Å²) in [6.07, 6.45) is 0. The van der Waals surface area contributed by atoms with Gasteiger partial charge in [0.2, 0.25) is 0 Å². The van der Waals surface area contributed by atoms with Crippen molar-refractivity contribution in [1.82, 2.24) is 4.57 Å². The molecule has 1 aromatic heterocycles. The first-order chi connectivity index (χ1) is 56.1. The predicted molar refractivity (Wildman–Crippen MR) is 467 cm³/mol. The van der Waals surface area contributed by atoms with Gasteiger partial charge in [-0.25, -0.2) is 0 Å². The number of nitrogens with zero attached hydrogens (tertiary/aromatic N) is 1. The van der Waals surface area contributed by atoms with Crippen molar-refractivity contribution in [3.8, 4) is 72.4 Å². The molecule has 19 aromatic carbocycles. The maximum Gasteiger partial charge on any atom is 0.0720 e. The molecule has 0 fully saturated rings. The molecule has 20 aromatic rings. The van der Waals surface area contributed by atoms with E-state index in [4.69, 9.17) is 0 Å². The van der Waals surface area contributed by atoms with Crippen LogP contribution in [0.25, 0.3) is 127 Å². The third-order valence-electron chi connectivity index (χ3n) is 27.0. The van der Waals surface area contributed by atoms with Gasteiger partial charge in [0, 0.05) is 16.5 Å². The number of benzene rings is 19. The van der Waals surface area contributed by atoms with Crippen LogP contribution in [0, 0.1) is 0 Å². The highest BCUT2D eigenvalue weighted by Crippen LogP contribution is 2.70. The van der Waals surface area contributed by atoms with Crippen LogP contribution in [0.15, 0.2) is 419 Å². The Bertz CT molecular complexity index is 7250. The highest BCUT2D eigenvalue weighted by atomic mass is 15.0. The molecular weight excluding hydrogens is 1360 g/mol. The molecule has 0 saturated carbocycles. The summed E-state index contributed by atoms with van der Waals surface area (Å²) in [7, 11) is 0. The van der Waals surface area contributed by atoms with Crippen molar-refractivity contribution in [3.05, 3.63) is 508 Å². The Labute approximate surface area is 655 Å². The lowest BCUT2D eigenvalue weighted by Crippen LogP contribution is -2.43. The number of rotatable bonds is 3. The molecule has 0 bridgehead atoms. The first-order valence-electron chi connectivity index (χ1n) is 39.8. The SMILES string of the molecule is c1ccc2c(c1)-c1ccccc1C21c2ccccc2C2(c3ccccc3-c3ccccc32)c2cc(-c3c4ccccc4c(-c4ccc5ccccc5c4)c4ccccc34)ccc21.c1ccc2c(c1)-c1ccccc1C21c2ccccc2C2(c3ccccc3-c3ccccc32)c2cc(-n3c4ccccc4c4ccccc43)ccc21. The number of hydrogen-bond donors (Lipinski definition) is 0. The Morgan fingerprint density at radius 3 is 0.743 bits per heavy atom. The maximum atomic E-state index is 2.61. The van der Waals surface area contributed by atoms with E-state index in [1.807, 2.05) is 0 Å². The summed E-state index contributed by atoms with van der Waals surface area (Å²) in [6, 6.07) is 159. The quantitative estimate of drug-likeness (QED) is 0.155. The van der Waals surface area contributed by atoms with Crippen LogP contribution in [-0.2, 0) is 21.7 Å². The Morgan fingerprint density at radius 1 is 0.150 bits per heavy atom. The lowest BCUT2D eigenvalue weighted by molar-refractivity contribution is 0.632. The Kier molecular flexibility index (Phi) is 12.8. The van der Waals surface area contributed by atoms with Crippen LogP contribution in [0.2, 0.25) is 0 Å². The van der Waals surface area contributed by atoms with Gasteiger partial charge in [0.05, 0.1) is 32.7 Å². The molecule has 0 N–H and O–H groups in total. The van der Waals surface area contributed by atoms with Crippen LogP contribution >= 0.6 is 0 Å². The summed E-state index contributed by atoms with van der Waals surface area (Å²) in [6.45, 7) is 0. The lowest BCUT2D eigenvalue weighted by Gasteiger charge is -2.49. The molecule has 0 saturated heterocycles. The van der Waals surface area contributed by atoms with Gasteiger partial charge < -0.3 is 4.57 Å². The zero-order valence-electron chi connectivity index (χ0n) is 61.8. The van der Waals surface area contributed by atoms with Crippen molar-refractivity contribution in [2.45, 2.75) is 21.7 Å². The van der Waals surface area contributed by atoms with Gasteiger partial charge in [0.25, 0.3) is 0 Å².